The molecule has 0 bridgehead atoms. The molecule has 1 aromatic carbocycles. The molecule has 0 aliphatic carbocycles. The van der Waals surface area contributed by atoms with E-state index >= 15 is 0 Å². The van der Waals surface area contributed by atoms with Crippen LogP contribution in [0.4, 0.5) is 8.78 Å². The van der Waals surface area contributed by atoms with Crippen LogP contribution in [0.2, 0.25) is 5.02 Å². The Bertz CT molecular complexity index is 623. The minimum absolute atomic E-state index is 0.00972. The van der Waals surface area contributed by atoms with Crippen LogP contribution in [0.25, 0.3) is 16.8 Å². The normalized spacial score (nSPS) is 10.4. The fraction of sp³-hybridized carbons (Fsp3) is 0.0714. The second kappa shape index (κ2) is 4.86. The summed E-state index contributed by atoms with van der Waals surface area (Å²) in [6.45, 7) is 5.34. The first-order valence-electron chi connectivity index (χ1n) is 5.27. The van der Waals surface area contributed by atoms with Crippen LogP contribution in [0.5, 0.6) is 0 Å². The van der Waals surface area contributed by atoms with E-state index in [9.17, 15) is 8.78 Å². The molecule has 0 fully saturated rings. The lowest BCUT2D eigenvalue weighted by Crippen LogP contribution is -1.94. The molecule has 0 aliphatic heterocycles. The Hall–Kier alpha value is -1.74. The zero-order valence-corrected chi connectivity index (χ0v) is 10.4. The van der Waals surface area contributed by atoms with Crippen LogP contribution in [0.1, 0.15) is 12.6 Å². The van der Waals surface area contributed by atoms with Crippen LogP contribution in [-0.2, 0) is 0 Å². The fourth-order valence-electron chi connectivity index (χ4n) is 1.56. The number of pyridine rings is 1. The van der Waals surface area contributed by atoms with Crippen molar-refractivity contribution in [2.24, 2.45) is 0 Å². The molecule has 0 aliphatic rings. The average Bonchev–Trinajstić information content (AvgIpc) is 2.33. The number of allylic oxidation sites excluding steroid dienone is 1. The van der Waals surface area contributed by atoms with Crippen LogP contribution in [-0.4, -0.2) is 4.98 Å². The Kier molecular flexibility index (Phi) is 3.43. The molecular formula is C14H10ClF2N. The van der Waals surface area contributed by atoms with E-state index in [0.717, 1.165) is 0 Å². The largest absolute Gasteiger partial charge is 0.245 e. The van der Waals surface area contributed by atoms with E-state index < -0.39 is 11.6 Å². The minimum Gasteiger partial charge on any atom is -0.245 e. The van der Waals surface area contributed by atoms with Gasteiger partial charge in [0, 0.05) is 5.56 Å². The second-order valence-corrected chi connectivity index (χ2v) is 4.34. The van der Waals surface area contributed by atoms with Gasteiger partial charge in [-0.1, -0.05) is 18.2 Å². The van der Waals surface area contributed by atoms with Gasteiger partial charge < -0.3 is 0 Å². The Morgan fingerprint density at radius 1 is 1.17 bits per heavy atom. The van der Waals surface area contributed by atoms with Gasteiger partial charge in [-0.25, -0.2) is 13.8 Å². The molecule has 1 aromatic heterocycles. The number of hydrogen-bond donors (Lipinski definition) is 0. The van der Waals surface area contributed by atoms with E-state index in [-0.39, 0.29) is 10.7 Å². The van der Waals surface area contributed by atoms with Gasteiger partial charge in [-0.05, 0) is 42.8 Å². The number of aromatic nitrogens is 1. The number of hydrogen-bond acceptors (Lipinski definition) is 1. The molecule has 0 atom stereocenters. The third-order valence-corrected chi connectivity index (χ3v) is 2.76. The molecule has 0 N–H and O–H groups in total. The topological polar surface area (TPSA) is 12.9 Å². The van der Waals surface area contributed by atoms with Crippen molar-refractivity contribution in [1.29, 1.82) is 0 Å². The highest BCUT2D eigenvalue weighted by Crippen LogP contribution is 2.25. The highest BCUT2D eigenvalue weighted by Gasteiger charge is 2.09. The Morgan fingerprint density at radius 2 is 1.83 bits per heavy atom. The molecule has 1 nitrogen and oxygen atoms in total. The first-order valence-corrected chi connectivity index (χ1v) is 5.64. The molecule has 0 radical (unpaired) electrons. The molecule has 2 aromatic rings. The molecule has 0 spiro atoms. The van der Waals surface area contributed by atoms with Crippen molar-refractivity contribution in [3.8, 4) is 11.3 Å². The molecule has 0 amide bonds. The van der Waals surface area contributed by atoms with Gasteiger partial charge in [0.2, 0.25) is 0 Å². The highest BCUT2D eigenvalue weighted by atomic mass is 35.5. The first-order chi connectivity index (χ1) is 8.49. The third-order valence-electron chi connectivity index (χ3n) is 2.47. The first kappa shape index (κ1) is 12.7. The van der Waals surface area contributed by atoms with E-state index in [2.05, 4.69) is 11.6 Å². The average molecular weight is 266 g/mol. The summed E-state index contributed by atoms with van der Waals surface area (Å²) >= 11 is 5.70. The molecule has 0 saturated carbocycles. The summed E-state index contributed by atoms with van der Waals surface area (Å²) in [5.74, 6) is -0.929. The predicted molar refractivity (Wildman–Crippen MR) is 69.3 cm³/mol. The minimum atomic E-state index is -0.498. The lowest BCUT2D eigenvalue weighted by molar-refractivity contribution is 0.617. The third kappa shape index (κ3) is 2.41. The summed E-state index contributed by atoms with van der Waals surface area (Å²) < 4.78 is 26.5. The van der Waals surface area contributed by atoms with Crippen LogP contribution in [0.15, 0.2) is 36.9 Å². The lowest BCUT2D eigenvalue weighted by atomic mass is 10.1. The predicted octanol–water partition coefficient (Wildman–Crippen LogP) is 4.71. The summed E-state index contributed by atoms with van der Waals surface area (Å²) in [6.07, 6.45) is 0. The summed E-state index contributed by atoms with van der Waals surface area (Å²) in [4.78, 5) is 4.16. The SMILES string of the molecule is C=C(C)c1nc(-c2ccc(F)c(Cl)c2)ccc1F. The van der Waals surface area contributed by atoms with Gasteiger partial charge in [0.15, 0.2) is 0 Å². The van der Waals surface area contributed by atoms with E-state index in [4.69, 9.17) is 11.6 Å². The van der Waals surface area contributed by atoms with Crippen molar-refractivity contribution in [3.63, 3.8) is 0 Å². The zero-order valence-electron chi connectivity index (χ0n) is 9.67. The van der Waals surface area contributed by atoms with Crippen LogP contribution >= 0.6 is 11.6 Å². The lowest BCUT2D eigenvalue weighted by Gasteiger charge is -2.06. The Morgan fingerprint density at radius 3 is 2.44 bits per heavy atom. The summed E-state index contributed by atoms with van der Waals surface area (Å²) in [5.41, 5.74) is 1.88. The van der Waals surface area contributed by atoms with Gasteiger partial charge >= 0.3 is 0 Å². The van der Waals surface area contributed by atoms with Crippen LogP contribution in [0.3, 0.4) is 0 Å². The second-order valence-electron chi connectivity index (χ2n) is 3.94. The van der Waals surface area contributed by atoms with Crippen LogP contribution in [0, 0.1) is 11.6 Å². The highest BCUT2D eigenvalue weighted by molar-refractivity contribution is 6.31. The van der Waals surface area contributed by atoms with E-state index in [1.807, 2.05) is 0 Å². The van der Waals surface area contributed by atoms with Gasteiger partial charge in [0.25, 0.3) is 0 Å². The smallest absolute Gasteiger partial charge is 0.149 e. The van der Waals surface area contributed by atoms with Gasteiger partial charge in [-0.2, -0.15) is 0 Å². The van der Waals surface area contributed by atoms with Crippen molar-refractivity contribution in [1.82, 2.24) is 4.98 Å². The molecule has 0 unspecified atom stereocenters. The Balaban J connectivity index is 2.54. The number of halogens is 3. The summed E-state index contributed by atoms with van der Waals surface area (Å²) in [5, 5.41) is 0.00972. The van der Waals surface area contributed by atoms with Gasteiger partial charge in [-0.3, -0.25) is 0 Å². The number of benzene rings is 1. The maximum absolute atomic E-state index is 13.5. The maximum atomic E-state index is 13.5. The Labute approximate surface area is 109 Å². The van der Waals surface area contributed by atoms with Crippen LogP contribution < -0.4 is 0 Å². The van der Waals surface area contributed by atoms with Gasteiger partial charge in [0.05, 0.1) is 10.7 Å². The number of nitrogens with zero attached hydrogens (tertiary/aromatic N) is 1. The zero-order chi connectivity index (χ0) is 13.3. The molecule has 0 saturated heterocycles. The number of rotatable bonds is 2. The molecule has 92 valence electrons. The van der Waals surface area contributed by atoms with Crippen molar-refractivity contribution < 1.29 is 8.78 Å². The molecule has 2 rings (SSSR count). The quantitative estimate of drug-likeness (QED) is 0.766. The fourth-order valence-corrected chi connectivity index (χ4v) is 1.74. The van der Waals surface area contributed by atoms with Crippen molar-refractivity contribution in [2.45, 2.75) is 6.92 Å². The van der Waals surface area contributed by atoms with Gasteiger partial charge in [0.1, 0.15) is 17.3 Å². The molecule has 1 heterocycles. The maximum Gasteiger partial charge on any atom is 0.149 e. The van der Waals surface area contributed by atoms with E-state index in [0.29, 0.717) is 16.8 Å². The van der Waals surface area contributed by atoms with E-state index in [1.54, 1.807) is 13.0 Å². The summed E-state index contributed by atoms with van der Waals surface area (Å²) in [7, 11) is 0. The summed E-state index contributed by atoms with van der Waals surface area (Å²) in [6, 6.07) is 7.08. The van der Waals surface area contributed by atoms with Crippen molar-refractivity contribution in [2.75, 3.05) is 0 Å². The van der Waals surface area contributed by atoms with Crippen molar-refractivity contribution >= 4 is 17.2 Å². The van der Waals surface area contributed by atoms with E-state index in [1.165, 1.54) is 24.3 Å². The molecular weight excluding hydrogens is 256 g/mol. The molecule has 18 heavy (non-hydrogen) atoms. The molecule has 4 heteroatoms. The standard InChI is InChI=1S/C14H10ClF2N/c1-8(2)14-12(17)5-6-13(18-14)9-3-4-11(16)10(15)7-9/h3-7H,1H2,2H3. The van der Waals surface area contributed by atoms with Gasteiger partial charge in [-0.15, -0.1) is 0 Å². The van der Waals surface area contributed by atoms with Crippen molar-refractivity contribution in [3.05, 3.63) is 59.3 Å². The monoisotopic (exact) mass is 265 g/mol.